The van der Waals surface area contributed by atoms with E-state index in [9.17, 15) is 4.79 Å². The van der Waals surface area contributed by atoms with Gasteiger partial charge >= 0.3 is 0 Å². The fourth-order valence-corrected chi connectivity index (χ4v) is 3.45. The maximum absolute atomic E-state index is 12.2. The first-order valence-corrected chi connectivity index (χ1v) is 7.05. The van der Waals surface area contributed by atoms with Crippen LogP contribution in [-0.4, -0.2) is 51.0 Å². The Hall–Kier alpha value is -0.650. The van der Waals surface area contributed by atoms with Gasteiger partial charge in [-0.3, -0.25) is 4.79 Å². The van der Waals surface area contributed by atoms with Gasteiger partial charge in [-0.15, -0.1) is 0 Å². The van der Waals surface area contributed by atoms with E-state index in [4.69, 9.17) is 9.47 Å². The van der Waals surface area contributed by atoms with Crippen molar-refractivity contribution >= 4 is 5.91 Å². The summed E-state index contributed by atoms with van der Waals surface area (Å²) in [7, 11) is 0. The average molecular weight is 254 g/mol. The van der Waals surface area contributed by atoms with Gasteiger partial charge in [-0.05, 0) is 31.2 Å². The lowest BCUT2D eigenvalue weighted by molar-refractivity contribution is -0.126. The Morgan fingerprint density at radius 3 is 3.11 bits per heavy atom. The van der Waals surface area contributed by atoms with Crippen molar-refractivity contribution in [2.75, 3.05) is 32.9 Å². The number of carbonyl (C=O) groups excluding carboxylic acids is 1. The third kappa shape index (κ3) is 2.53. The zero-order chi connectivity index (χ0) is 12.4. The summed E-state index contributed by atoms with van der Waals surface area (Å²) >= 11 is 0. The zero-order valence-corrected chi connectivity index (χ0v) is 10.7. The standard InChI is InChI=1S/C13H22N2O3/c16-13(15-7-10-8-17-4-5-18-10)12-11-3-1-2-9(11)6-14-12/h9-12,14H,1-8H2,(H,15,16). The highest BCUT2D eigenvalue weighted by Crippen LogP contribution is 2.37. The van der Waals surface area contributed by atoms with Crippen LogP contribution in [-0.2, 0) is 14.3 Å². The van der Waals surface area contributed by atoms with Crippen LogP contribution in [0.1, 0.15) is 19.3 Å². The van der Waals surface area contributed by atoms with Crippen molar-refractivity contribution in [1.29, 1.82) is 0 Å². The molecule has 3 rings (SSSR count). The van der Waals surface area contributed by atoms with Crippen LogP contribution in [0.2, 0.25) is 0 Å². The van der Waals surface area contributed by atoms with Crippen molar-refractivity contribution in [3.05, 3.63) is 0 Å². The zero-order valence-electron chi connectivity index (χ0n) is 10.7. The Morgan fingerprint density at radius 2 is 2.28 bits per heavy atom. The molecule has 4 unspecified atom stereocenters. The molecule has 0 aromatic heterocycles. The lowest BCUT2D eigenvalue weighted by Crippen LogP contribution is -2.47. The van der Waals surface area contributed by atoms with Crippen molar-refractivity contribution in [2.24, 2.45) is 11.8 Å². The normalized spacial score (nSPS) is 39.6. The van der Waals surface area contributed by atoms with E-state index in [0.717, 1.165) is 12.5 Å². The van der Waals surface area contributed by atoms with Crippen LogP contribution in [0.3, 0.4) is 0 Å². The van der Waals surface area contributed by atoms with Crippen LogP contribution in [0, 0.1) is 11.8 Å². The molecule has 3 fully saturated rings. The SMILES string of the molecule is O=C(NCC1COCCO1)C1NCC2CCCC21. The maximum Gasteiger partial charge on any atom is 0.237 e. The Bertz CT molecular complexity index is 305. The van der Waals surface area contributed by atoms with Crippen molar-refractivity contribution in [3.63, 3.8) is 0 Å². The molecule has 0 spiro atoms. The average Bonchev–Trinajstić information content (AvgIpc) is 2.99. The minimum atomic E-state index is 0.0157. The summed E-state index contributed by atoms with van der Waals surface area (Å²) < 4.78 is 10.8. The van der Waals surface area contributed by atoms with Crippen LogP contribution in [0.4, 0.5) is 0 Å². The predicted molar refractivity (Wildman–Crippen MR) is 66.2 cm³/mol. The second kappa shape index (κ2) is 5.55. The quantitative estimate of drug-likeness (QED) is 0.739. The molecule has 2 heterocycles. The van der Waals surface area contributed by atoms with Gasteiger partial charge in [0.1, 0.15) is 0 Å². The largest absolute Gasteiger partial charge is 0.376 e. The number of carbonyl (C=O) groups is 1. The minimum Gasteiger partial charge on any atom is -0.376 e. The fourth-order valence-electron chi connectivity index (χ4n) is 3.45. The Balaban J connectivity index is 1.46. The van der Waals surface area contributed by atoms with Gasteiger partial charge in [0.25, 0.3) is 0 Å². The number of fused-ring (bicyclic) bond motifs is 1. The minimum absolute atomic E-state index is 0.0157. The number of hydrogen-bond acceptors (Lipinski definition) is 4. The number of ether oxygens (including phenoxy) is 2. The van der Waals surface area contributed by atoms with E-state index in [0.29, 0.717) is 32.3 Å². The Kier molecular flexibility index (Phi) is 3.82. The van der Waals surface area contributed by atoms with Crippen LogP contribution in [0.15, 0.2) is 0 Å². The summed E-state index contributed by atoms with van der Waals surface area (Å²) in [4.78, 5) is 12.2. The van der Waals surface area contributed by atoms with Gasteiger partial charge in [-0.1, -0.05) is 6.42 Å². The third-order valence-electron chi connectivity index (χ3n) is 4.42. The molecule has 0 aromatic carbocycles. The van der Waals surface area contributed by atoms with Crippen molar-refractivity contribution in [2.45, 2.75) is 31.4 Å². The monoisotopic (exact) mass is 254 g/mol. The van der Waals surface area contributed by atoms with E-state index < -0.39 is 0 Å². The number of hydrogen-bond donors (Lipinski definition) is 2. The number of nitrogens with one attached hydrogen (secondary N) is 2. The highest BCUT2D eigenvalue weighted by Gasteiger charge is 2.42. The third-order valence-corrected chi connectivity index (χ3v) is 4.42. The smallest absolute Gasteiger partial charge is 0.237 e. The van der Waals surface area contributed by atoms with Gasteiger partial charge in [0.2, 0.25) is 5.91 Å². The highest BCUT2D eigenvalue weighted by atomic mass is 16.6. The molecule has 5 nitrogen and oxygen atoms in total. The van der Waals surface area contributed by atoms with Gasteiger partial charge in [-0.25, -0.2) is 0 Å². The van der Waals surface area contributed by atoms with Crippen LogP contribution >= 0.6 is 0 Å². The van der Waals surface area contributed by atoms with E-state index in [-0.39, 0.29) is 18.1 Å². The summed E-state index contributed by atoms with van der Waals surface area (Å²) in [6.07, 6.45) is 3.77. The molecule has 2 saturated heterocycles. The van der Waals surface area contributed by atoms with Gasteiger partial charge < -0.3 is 20.1 Å². The van der Waals surface area contributed by atoms with Crippen LogP contribution in [0.25, 0.3) is 0 Å². The topological polar surface area (TPSA) is 59.6 Å². The van der Waals surface area contributed by atoms with E-state index in [1.165, 1.54) is 19.3 Å². The number of amides is 1. The highest BCUT2D eigenvalue weighted by molar-refractivity contribution is 5.82. The first-order valence-electron chi connectivity index (χ1n) is 7.05. The first-order chi connectivity index (χ1) is 8.84. The van der Waals surface area contributed by atoms with Crippen molar-refractivity contribution in [3.8, 4) is 0 Å². The first kappa shape index (κ1) is 12.4. The molecule has 3 aliphatic rings. The predicted octanol–water partition coefficient (Wildman–Crippen LogP) is -0.0939. The summed E-state index contributed by atoms with van der Waals surface area (Å²) in [5, 5.41) is 6.36. The molecule has 102 valence electrons. The molecule has 1 amide bonds. The van der Waals surface area contributed by atoms with Crippen molar-refractivity contribution < 1.29 is 14.3 Å². The molecule has 4 atom stereocenters. The van der Waals surface area contributed by atoms with E-state index in [2.05, 4.69) is 10.6 Å². The maximum atomic E-state index is 12.2. The summed E-state index contributed by atoms with van der Waals surface area (Å²) in [6, 6.07) is 0.0157. The lowest BCUT2D eigenvalue weighted by atomic mass is 9.93. The van der Waals surface area contributed by atoms with Gasteiger partial charge in [0.15, 0.2) is 0 Å². The van der Waals surface area contributed by atoms with E-state index in [1.807, 2.05) is 0 Å². The molecular formula is C13H22N2O3. The second-order valence-electron chi connectivity index (χ2n) is 5.55. The van der Waals surface area contributed by atoms with E-state index in [1.54, 1.807) is 0 Å². The molecular weight excluding hydrogens is 232 g/mol. The molecule has 2 aliphatic heterocycles. The Morgan fingerprint density at radius 1 is 1.33 bits per heavy atom. The van der Waals surface area contributed by atoms with E-state index >= 15 is 0 Å². The van der Waals surface area contributed by atoms with Gasteiger partial charge in [0.05, 0.1) is 32.0 Å². The molecule has 1 saturated carbocycles. The van der Waals surface area contributed by atoms with Crippen molar-refractivity contribution in [1.82, 2.24) is 10.6 Å². The lowest BCUT2D eigenvalue weighted by Gasteiger charge is -2.24. The summed E-state index contributed by atoms with van der Waals surface area (Å²) in [5.74, 6) is 1.40. The summed E-state index contributed by atoms with van der Waals surface area (Å²) in [6.45, 7) is 3.45. The van der Waals surface area contributed by atoms with Crippen LogP contribution < -0.4 is 10.6 Å². The summed E-state index contributed by atoms with van der Waals surface area (Å²) in [5.41, 5.74) is 0. The molecule has 2 N–H and O–H groups in total. The molecule has 0 aromatic rings. The fraction of sp³-hybridized carbons (Fsp3) is 0.923. The second-order valence-corrected chi connectivity index (χ2v) is 5.55. The molecule has 5 heteroatoms. The number of rotatable bonds is 3. The Labute approximate surface area is 108 Å². The molecule has 0 radical (unpaired) electrons. The molecule has 18 heavy (non-hydrogen) atoms. The van der Waals surface area contributed by atoms with Crippen LogP contribution in [0.5, 0.6) is 0 Å². The molecule has 0 bridgehead atoms. The molecule has 1 aliphatic carbocycles. The van der Waals surface area contributed by atoms with Gasteiger partial charge in [0, 0.05) is 6.54 Å². The van der Waals surface area contributed by atoms with Gasteiger partial charge in [-0.2, -0.15) is 0 Å².